The molecule has 0 aliphatic heterocycles. The van der Waals surface area contributed by atoms with Crippen molar-refractivity contribution in [3.8, 4) is 0 Å². The Morgan fingerprint density at radius 2 is 1.90 bits per heavy atom. The molecule has 0 aliphatic rings. The number of aliphatic hydroxyl groups is 1. The Morgan fingerprint density at radius 1 is 1.20 bits per heavy atom. The van der Waals surface area contributed by atoms with Gasteiger partial charge in [-0.2, -0.15) is 0 Å². The standard InChI is InChI=1S/C16H16BrNO2/c1-16(20,11-12-6-3-2-4-7-12)15(19)18-14-9-5-8-13(17)10-14/h2-10,20H,11H2,1H3,(H,18,19). The van der Waals surface area contributed by atoms with Gasteiger partial charge in [0.15, 0.2) is 0 Å². The van der Waals surface area contributed by atoms with Gasteiger partial charge in [-0.1, -0.05) is 52.3 Å². The van der Waals surface area contributed by atoms with Crippen molar-refractivity contribution in [3.05, 3.63) is 64.6 Å². The number of carbonyl (C=O) groups excluding carboxylic acids is 1. The first-order chi connectivity index (χ1) is 9.47. The van der Waals surface area contributed by atoms with Gasteiger partial charge in [0, 0.05) is 16.6 Å². The summed E-state index contributed by atoms with van der Waals surface area (Å²) in [6, 6.07) is 16.7. The predicted octanol–water partition coefficient (Wildman–Crippen LogP) is 3.38. The number of amides is 1. The minimum atomic E-state index is -1.45. The SMILES string of the molecule is CC(O)(Cc1ccccc1)C(=O)Nc1cccc(Br)c1. The van der Waals surface area contributed by atoms with Crippen LogP contribution >= 0.6 is 15.9 Å². The van der Waals surface area contributed by atoms with Crippen molar-refractivity contribution in [1.82, 2.24) is 0 Å². The zero-order valence-electron chi connectivity index (χ0n) is 11.1. The Bertz CT molecular complexity index is 596. The van der Waals surface area contributed by atoms with E-state index >= 15 is 0 Å². The van der Waals surface area contributed by atoms with Crippen LogP contribution in [0, 0.1) is 0 Å². The molecule has 0 saturated heterocycles. The summed E-state index contributed by atoms with van der Waals surface area (Å²) in [7, 11) is 0. The second-order valence-electron chi connectivity index (χ2n) is 4.90. The summed E-state index contributed by atoms with van der Waals surface area (Å²) in [5.74, 6) is -0.417. The van der Waals surface area contributed by atoms with E-state index in [0.29, 0.717) is 5.69 Å². The Morgan fingerprint density at radius 3 is 2.55 bits per heavy atom. The highest BCUT2D eigenvalue weighted by molar-refractivity contribution is 9.10. The number of halogens is 1. The number of carbonyl (C=O) groups is 1. The number of benzene rings is 2. The molecule has 104 valence electrons. The van der Waals surface area contributed by atoms with E-state index in [4.69, 9.17) is 0 Å². The molecular formula is C16H16BrNO2. The zero-order chi connectivity index (χ0) is 14.6. The second-order valence-corrected chi connectivity index (χ2v) is 5.82. The molecule has 20 heavy (non-hydrogen) atoms. The summed E-state index contributed by atoms with van der Waals surface area (Å²) in [5.41, 5.74) is 0.114. The number of nitrogens with one attached hydrogen (secondary N) is 1. The van der Waals surface area contributed by atoms with Crippen molar-refractivity contribution < 1.29 is 9.90 Å². The van der Waals surface area contributed by atoms with Gasteiger partial charge in [0.2, 0.25) is 0 Å². The molecule has 2 aromatic rings. The average molecular weight is 334 g/mol. The van der Waals surface area contributed by atoms with E-state index in [1.54, 1.807) is 12.1 Å². The third-order valence-corrected chi connectivity index (χ3v) is 3.46. The maximum absolute atomic E-state index is 12.2. The van der Waals surface area contributed by atoms with E-state index in [-0.39, 0.29) is 6.42 Å². The number of rotatable bonds is 4. The van der Waals surface area contributed by atoms with Gasteiger partial charge in [0.25, 0.3) is 5.91 Å². The molecule has 2 rings (SSSR count). The van der Waals surface area contributed by atoms with Crippen LogP contribution in [0.2, 0.25) is 0 Å². The first kappa shape index (κ1) is 14.8. The van der Waals surface area contributed by atoms with Crippen LogP contribution in [0.25, 0.3) is 0 Å². The number of hydrogen-bond acceptors (Lipinski definition) is 2. The Hall–Kier alpha value is -1.65. The minimum absolute atomic E-state index is 0.272. The molecule has 0 heterocycles. The Kier molecular flexibility index (Phi) is 4.57. The molecule has 2 N–H and O–H groups in total. The number of anilines is 1. The molecule has 0 radical (unpaired) electrons. The topological polar surface area (TPSA) is 49.3 Å². The lowest BCUT2D eigenvalue weighted by molar-refractivity contribution is -0.132. The molecule has 3 nitrogen and oxygen atoms in total. The van der Waals surface area contributed by atoms with E-state index in [9.17, 15) is 9.90 Å². The van der Waals surface area contributed by atoms with Gasteiger partial charge in [0.1, 0.15) is 5.60 Å². The van der Waals surface area contributed by atoms with Crippen LogP contribution in [0.5, 0.6) is 0 Å². The zero-order valence-corrected chi connectivity index (χ0v) is 12.7. The van der Waals surface area contributed by atoms with Crippen molar-refractivity contribution >= 4 is 27.5 Å². The molecular weight excluding hydrogens is 318 g/mol. The summed E-state index contributed by atoms with van der Waals surface area (Å²) < 4.78 is 0.873. The lowest BCUT2D eigenvalue weighted by Gasteiger charge is -2.22. The molecule has 0 fully saturated rings. The van der Waals surface area contributed by atoms with E-state index in [2.05, 4.69) is 21.2 Å². The van der Waals surface area contributed by atoms with Crippen LogP contribution in [0.1, 0.15) is 12.5 Å². The summed E-state index contributed by atoms with van der Waals surface area (Å²) in [6.07, 6.45) is 0.272. The van der Waals surface area contributed by atoms with Crippen LogP contribution in [0.4, 0.5) is 5.69 Å². The maximum atomic E-state index is 12.2. The van der Waals surface area contributed by atoms with Crippen LogP contribution in [-0.2, 0) is 11.2 Å². The molecule has 0 spiro atoms. The summed E-state index contributed by atoms with van der Waals surface area (Å²) in [6.45, 7) is 1.52. The van der Waals surface area contributed by atoms with E-state index in [1.807, 2.05) is 42.5 Å². The van der Waals surface area contributed by atoms with Crippen molar-refractivity contribution in [2.75, 3.05) is 5.32 Å². The maximum Gasteiger partial charge on any atom is 0.256 e. The third kappa shape index (κ3) is 3.92. The Labute approximate surface area is 126 Å². The molecule has 1 atom stereocenters. The second kappa shape index (κ2) is 6.20. The molecule has 1 amide bonds. The van der Waals surface area contributed by atoms with Gasteiger partial charge in [-0.05, 0) is 30.7 Å². The minimum Gasteiger partial charge on any atom is -0.380 e. The quantitative estimate of drug-likeness (QED) is 0.901. The molecule has 0 bridgehead atoms. The molecule has 1 unspecified atom stereocenters. The fraction of sp³-hybridized carbons (Fsp3) is 0.188. The van der Waals surface area contributed by atoms with Gasteiger partial charge in [0.05, 0.1) is 0 Å². The van der Waals surface area contributed by atoms with Crippen LogP contribution in [0.15, 0.2) is 59.1 Å². The summed E-state index contributed by atoms with van der Waals surface area (Å²) in [5, 5.41) is 13.1. The molecule has 0 aromatic heterocycles. The molecule has 0 saturated carbocycles. The van der Waals surface area contributed by atoms with Crippen LogP contribution < -0.4 is 5.32 Å². The molecule has 0 aliphatic carbocycles. The fourth-order valence-corrected chi connectivity index (χ4v) is 2.30. The van der Waals surface area contributed by atoms with E-state index < -0.39 is 11.5 Å². The monoisotopic (exact) mass is 333 g/mol. The van der Waals surface area contributed by atoms with Crippen molar-refractivity contribution in [3.63, 3.8) is 0 Å². The van der Waals surface area contributed by atoms with Gasteiger partial charge >= 0.3 is 0 Å². The molecule has 4 heteroatoms. The fourth-order valence-electron chi connectivity index (χ4n) is 1.91. The highest BCUT2D eigenvalue weighted by atomic mass is 79.9. The van der Waals surface area contributed by atoms with Crippen molar-refractivity contribution in [1.29, 1.82) is 0 Å². The van der Waals surface area contributed by atoms with Crippen LogP contribution in [-0.4, -0.2) is 16.6 Å². The number of hydrogen-bond donors (Lipinski definition) is 2. The van der Waals surface area contributed by atoms with Gasteiger partial charge in [-0.25, -0.2) is 0 Å². The summed E-state index contributed by atoms with van der Waals surface area (Å²) >= 11 is 3.34. The van der Waals surface area contributed by atoms with Crippen molar-refractivity contribution in [2.24, 2.45) is 0 Å². The smallest absolute Gasteiger partial charge is 0.256 e. The van der Waals surface area contributed by atoms with E-state index in [0.717, 1.165) is 10.0 Å². The largest absolute Gasteiger partial charge is 0.380 e. The average Bonchev–Trinajstić information content (AvgIpc) is 2.39. The Balaban J connectivity index is 2.07. The lowest BCUT2D eigenvalue weighted by atomic mass is 9.95. The first-order valence-electron chi connectivity index (χ1n) is 6.31. The normalized spacial score (nSPS) is 13.6. The highest BCUT2D eigenvalue weighted by Gasteiger charge is 2.30. The van der Waals surface area contributed by atoms with Gasteiger partial charge in [-0.3, -0.25) is 4.79 Å². The predicted molar refractivity (Wildman–Crippen MR) is 83.5 cm³/mol. The summed E-state index contributed by atoms with van der Waals surface area (Å²) in [4.78, 5) is 12.2. The van der Waals surface area contributed by atoms with Crippen molar-refractivity contribution in [2.45, 2.75) is 18.9 Å². The molecule has 2 aromatic carbocycles. The highest BCUT2D eigenvalue weighted by Crippen LogP contribution is 2.19. The third-order valence-electron chi connectivity index (χ3n) is 2.96. The first-order valence-corrected chi connectivity index (χ1v) is 7.10. The van der Waals surface area contributed by atoms with Gasteiger partial charge in [-0.15, -0.1) is 0 Å². The van der Waals surface area contributed by atoms with E-state index in [1.165, 1.54) is 6.92 Å². The lowest BCUT2D eigenvalue weighted by Crippen LogP contribution is -2.42. The van der Waals surface area contributed by atoms with Crippen LogP contribution in [0.3, 0.4) is 0 Å². The van der Waals surface area contributed by atoms with Gasteiger partial charge < -0.3 is 10.4 Å².